The third kappa shape index (κ3) is 3.75. The fraction of sp³-hybridized carbons (Fsp3) is 0.462. The molecule has 0 aliphatic carbocycles. The average Bonchev–Trinajstić information content (AvgIpc) is 2.86. The third-order valence-electron chi connectivity index (χ3n) is 3.09. The molecule has 1 heterocycles. The second kappa shape index (κ2) is 6.45. The van der Waals surface area contributed by atoms with E-state index in [0.717, 1.165) is 12.8 Å². The van der Waals surface area contributed by atoms with Crippen LogP contribution in [0.3, 0.4) is 0 Å². The molecule has 2 rings (SSSR count). The molecule has 1 aliphatic rings. The Morgan fingerprint density at radius 3 is 3.05 bits per heavy atom. The van der Waals surface area contributed by atoms with Crippen LogP contribution >= 0.6 is 15.9 Å². The quantitative estimate of drug-likeness (QED) is 0.870. The van der Waals surface area contributed by atoms with Gasteiger partial charge in [-0.3, -0.25) is 10.1 Å². The molecule has 1 aromatic carbocycles. The SMILES string of the molecule is O=C(O)C(NCC1CCCO1)c1cc(Br)ccc1F. The molecule has 0 aromatic heterocycles. The van der Waals surface area contributed by atoms with Crippen molar-refractivity contribution in [1.82, 2.24) is 5.32 Å². The highest BCUT2D eigenvalue weighted by Gasteiger charge is 2.25. The molecule has 1 saturated heterocycles. The first-order chi connectivity index (χ1) is 9.08. The minimum Gasteiger partial charge on any atom is -0.480 e. The number of hydrogen-bond donors (Lipinski definition) is 2. The number of carbonyl (C=O) groups is 1. The van der Waals surface area contributed by atoms with Crippen molar-refractivity contribution < 1.29 is 19.0 Å². The number of nitrogens with one attached hydrogen (secondary N) is 1. The number of benzene rings is 1. The Bertz CT molecular complexity index is 463. The lowest BCUT2D eigenvalue weighted by molar-refractivity contribution is -0.139. The lowest BCUT2D eigenvalue weighted by Crippen LogP contribution is -2.35. The number of carboxylic acid groups (broad SMARTS) is 1. The standard InChI is InChI=1S/C13H15BrFNO3/c14-8-3-4-11(15)10(6-8)12(13(17)18)16-7-9-2-1-5-19-9/h3-4,6,9,12,16H,1-2,5,7H2,(H,17,18). The molecule has 6 heteroatoms. The van der Waals surface area contributed by atoms with Gasteiger partial charge in [-0.2, -0.15) is 0 Å². The molecule has 2 N–H and O–H groups in total. The summed E-state index contributed by atoms with van der Waals surface area (Å²) < 4.78 is 19.8. The second-order valence-electron chi connectivity index (χ2n) is 4.48. The van der Waals surface area contributed by atoms with E-state index in [9.17, 15) is 14.3 Å². The fourth-order valence-electron chi connectivity index (χ4n) is 2.12. The summed E-state index contributed by atoms with van der Waals surface area (Å²) in [5.74, 6) is -1.63. The number of hydrogen-bond acceptors (Lipinski definition) is 3. The van der Waals surface area contributed by atoms with Crippen molar-refractivity contribution in [1.29, 1.82) is 0 Å². The Balaban J connectivity index is 2.10. The molecule has 4 nitrogen and oxygen atoms in total. The Morgan fingerprint density at radius 2 is 2.42 bits per heavy atom. The van der Waals surface area contributed by atoms with E-state index in [1.807, 2.05) is 0 Å². The monoisotopic (exact) mass is 331 g/mol. The van der Waals surface area contributed by atoms with E-state index >= 15 is 0 Å². The van der Waals surface area contributed by atoms with Gasteiger partial charge in [0.05, 0.1) is 6.10 Å². The smallest absolute Gasteiger partial charge is 0.325 e. The molecule has 104 valence electrons. The fourth-order valence-corrected chi connectivity index (χ4v) is 2.50. The number of carboxylic acids is 1. The van der Waals surface area contributed by atoms with Gasteiger partial charge in [-0.25, -0.2) is 4.39 Å². The van der Waals surface area contributed by atoms with Gasteiger partial charge in [-0.05, 0) is 31.0 Å². The lowest BCUT2D eigenvalue weighted by Gasteiger charge is -2.18. The van der Waals surface area contributed by atoms with Crippen LogP contribution < -0.4 is 5.32 Å². The predicted molar refractivity (Wildman–Crippen MR) is 71.5 cm³/mol. The summed E-state index contributed by atoms with van der Waals surface area (Å²) in [6, 6.07) is 3.21. The van der Waals surface area contributed by atoms with Crippen molar-refractivity contribution >= 4 is 21.9 Å². The summed E-state index contributed by atoms with van der Waals surface area (Å²) >= 11 is 3.22. The minimum absolute atomic E-state index is 0.0112. The summed E-state index contributed by atoms with van der Waals surface area (Å²) in [6.45, 7) is 1.11. The Hall–Kier alpha value is -0.980. The lowest BCUT2D eigenvalue weighted by atomic mass is 10.1. The topological polar surface area (TPSA) is 58.6 Å². The highest BCUT2D eigenvalue weighted by molar-refractivity contribution is 9.10. The predicted octanol–water partition coefficient (Wildman–Crippen LogP) is 2.48. The van der Waals surface area contributed by atoms with Crippen LogP contribution in [0.5, 0.6) is 0 Å². The van der Waals surface area contributed by atoms with Gasteiger partial charge >= 0.3 is 5.97 Å². The zero-order valence-corrected chi connectivity index (χ0v) is 11.8. The summed E-state index contributed by atoms with van der Waals surface area (Å²) in [5, 5.41) is 12.1. The highest BCUT2D eigenvalue weighted by Crippen LogP contribution is 2.22. The Morgan fingerprint density at radius 1 is 1.63 bits per heavy atom. The molecule has 0 radical (unpaired) electrons. The van der Waals surface area contributed by atoms with Gasteiger partial charge in [0.1, 0.15) is 11.9 Å². The van der Waals surface area contributed by atoms with Gasteiger partial charge in [0.2, 0.25) is 0 Å². The van der Waals surface area contributed by atoms with Crippen molar-refractivity contribution in [3.63, 3.8) is 0 Å². The minimum atomic E-state index is -1.10. The molecular formula is C13H15BrFNO3. The summed E-state index contributed by atoms with van der Waals surface area (Å²) in [5.41, 5.74) is 0.125. The van der Waals surface area contributed by atoms with Crippen molar-refractivity contribution in [2.75, 3.05) is 13.2 Å². The molecule has 0 bridgehead atoms. The van der Waals surface area contributed by atoms with Gasteiger partial charge in [0.25, 0.3) is 0 Å². The first-order valence-electron chi connectivity index (χ1n) is 6.10. The van der Waals surface area contributed by atoms with E-state index in [-0.39, 0.29) is 11.7 Å². The van der Waals surface area contributed by atoms with Crippen LogP contribution in [0, 0.1) is 5.82 Å². The third-order valence-corrected chi connectivity index (χ3v) is 3.58. The van der Waals surface area contributed by atoms with Crippen LogP contribution in [-0.2, 0) is 9.53 Å². The average molecular weight is 332 g/mol. The van der Waals surface area contributed by atoms with Crippen LogP contribution in [0.25, 0.3) is 0 Å². The van der Waals surface area contributed by atoms with Crippen molar-refractivity contribution in [2.24, 2.45) is 0 Å². The van der Waals surface area contributed by atoms with Gasteiger partial charge < -0.3 is 9.84 Å². The zero-order valence-electron chi connectivity index (χ0n) is 10.2. The van der Waals surface area contributed by atoms with E-state index < -0.39 is 17.8 Å². The van der Waals surface area contributed by atoms with Crippen molar-refractivity contribution in [3.05, 3.63) is 34.1 Å². The van der Waals surface area contributed by atoms with Gasteiger partial charge in [0, 0.05) is 23.2 Å². The molecule has 2 unspecified atom stereocenters. The highest BCUT2D eigenvalue weighted by atomic mass is 79.9. The molecule has 19 heavy (non-hydrogen) atoms. The Kier molecular flexibility index (Phi) is 4.90. The maximum absolute atomic E-state index is 13.7. The summed E-state index contributed by atoms with van der Waals surface area (Å²) in [7, 11) is 0. The molecule has 2 atom stereocenters. The maximum atomic E-state index is 13.7. The molecule has 1 aliphatic heterocycles. The molecule has 0 spiro atoms. The van der Waals surface area contributed by atoms with Crippen LogP contribution in [0.1, 0.15) is 24.4 Å². The number of ether oxygens (including phenoxy) is 1. The molecule has 1 aromatic rings. The first kappa shape index (κ1) is 14.4. The molecule has 0 amide bonds. The second-order valence-corrected chi connectivity index (χ2v) is 5.40. The zero-order chi connectivity index (χ0) is 13.8. The van der Waals surface area contributed by atoms with E-state index in [1.165, 1.54) is 18.2 Å². The van der Waals surface area contributed by atoms with Gasteiger partial charge in [0.15, 0.2) is 0 Å². The van der Waals surface area contributed by atoms with E-state index in [0.29, 0.717) is 17.6 Å². The van der Waals surface area contributed by atoms with Crippen LogP contribution in [-0.4, -0.2) is 30.3 Å². The molecule has 0 saturated carbocycles. The summed E-state index contributed by atoms with van der Waals surface area (Å²) in [6.07, 6.45) is 1.90. The largest absolute Gasteiger partial charge is 0.480 e. The van der Waals surface area contributed by atoms with Gasteiger partial charge in [-0.15, -0.1) is 0 Å². The van der Waals surface area contributed by atoms with Gasteiger partial charge in [-0.1, -0.05) is 15.9 Å². The van der Waals surface area contributed by atoms with Crippen LogP contribution in [0.2, 0.25) is 0 Å². The van der Waals surface area contributed by atoms with Crippen LogP contribution in [0.15, 0.2) is 22.7 Å². The maximum Gasteiger partial charge on any atom is 0.325 e. The summed E-state index contributed by atoms with van der Waals surface area (Å²) in [4.78, 5) is 11.3. The normalized spacial score (nSPS) is 20.4. The van der Waals surface area contributed by atoms with Crippen molar-refractivity contribution in [2.45, 2.75) is 25.0 Å². The number of rotatable bonds is 5. The van der Waals surface area contributed by atoms with Crippen LogP contribution in [0.4, 0.5) is 4.39 Å². The molecular weight excluding hydrogens is 317 g/mol. The molecule has 1 fully saturated rings. The van der Waals surface area contributed by atoms with Crippen molar-refractivity contribution in [3.8, 4) is 0 Å². The van der Waals surface area contributed by atoms with E-state index in [2.05, 4.69) is 21.2 Å². The van der Waals surface area contributed by atoms with E-state index in [4.69, 9.17) is 4.74 Å². The first-order valence-corrected chi connectivity index (χ1v) is 6.90. The number of halogens is 2. The Labute approximate surface area is 119 Å². The van der Waals surface area contributed by atoms with E-state index in [1.54, 1.807) is 0 Å². The number of aliphatic carboxylic acids is 1.